The number of hydrogen-bond donors (Lipinski definition) is 1. The molecule has 0 aliphatic carbocycles. The Labute approximate surface area is 192 Å². The summed E-state index contributed by atoms with van der Waals surface area (Å²) >= 11 is 13.3. The van der Waals surface area contributed by atoms with Gasteiger partial charge in [0, 0.05) is 6.20 Å². The molecule has 1 atom stereocenters. The van der Waals surface area contributed by atoms with Gasteiger partial charge in [0.05, 0.1) is 28.1 Å². The van der Waals surface area contributed by atoms with Crippen molar-refractivity contribution in [3.8, 4) is 11.6 Å². The lowest BCUT2D eigenvalue weighted by Gasteiger charge is -2.14. The smallest absolute Gasteiger partial charge is 0.238 e. The molecule has 7 nitrogen and oxygen atoms in total. The molecule has 1 amide bonds. The summed E-state index contributed by atoms with van der Waals surface area (Å²) in [4.78, 5) is 16.8. The van der Waals surface area contributed by atoms with Crippen LogP contribution in [0, 0.1) is 0 Å². The molecule has 1 N–H and O–H groups in total. The molecule has 3 heterocycles. The number of carbonyl (C=O) groups is 1. The van der Waals surface area contributed by atoms with Gasteiger partial charge in [-0.2, -0.15) is 0 Å². The Morgan fingerprint density at radius 3 is 2.71 bits per heavy atom. The van der Waals surface area contributed by atoms with Gasteiger partial charge < -0.3 is 9.73 Å². The second-order valence-electron chi connectivity index (χ2n) is 6.59. The van der Waals surface area contributed by atoms with E-state index in [-0.39, 0.29) is 16.7 Å². The number of anilines is 1. The van der Waals surface area contributed by atoms with Crippen molar-refractivity contribution in [2.75, 3.05) is 5.32 Å². The molecule has 1 aromatic carbocycles. The minimum Gasteiger partial charge on any atom is -0.461 e. The Balaban J connectivity index is 1.56. The van der Waals surface area contributed by atoms with Crippen LogP contribution in [0.1, 0.15) is 12.5 Å². The van der Waals surface area contributed by atoms with Crippen molar-refractivity contribution >= 4 is 46.7 Å². The average molecular weight is 474 g/mol. The van der Waals surface area contributed by atoms with Gasteiger partial charge in [0.15, 0.2) is 16.7 Å². The lowest BCUT2D eigenvalue weighted by molar-refractivity contribution is -0.115. The molecule has 158 valence electrons. The van der Waals surface area contributed by atoms with E-state index in [1.165, 1.54) is 24.0 Å². The molecular weight excluding hydrogens is 457 g/mol. The van der Waals surface area contributed by atoms with Crippen LogP contribution in [0.15, 0.2) is 70.6 Å². The zero-order chi connectivity index (χ0) is 21.8. The summed E-state index contributed by atoms with van der Waals surface area (Å²) in [5.41, 5.74) is 1.08. The highest BCUT2D eigenvalue weighted by atomic mass is 35.5. The minimum absolute atomic E-state index is 0.255. The SMILES string of the molecule is C[C@@H](Sc1nnc(-c2ccco2)n1Cc1ccccc1)C(=O)Nc1ncc(Cl)cc1Cl. The van der Waals surface area contributed by atoms with Gasteiger partial charge in [0.25, 0.3) is 0 Å². The number of benzene rings is 1. The fourth-order valence-corrected chi connectivity index (χ4v) is 4.08. The molecule has 0 aliphatic rings. The number of rotatable bonds is 7. The molecule has 0 radical (unpaired) electrons. The van der Waals surface area contributed by atoms with Crippen molar-refractivity contribution in [1.29, 1.82) is 0 Å². The number of nitrogens with one attached hydrogen (secondary N) is 1. The number of aromatic nitrogens is 4. The van der Waals surface area contributed by atoms with Crippen molar-refractivity contribution in [2.45, 2.75) is 23.9 Å². The summed E-state index contributed by atoms with van der Waals surface area (Å²) in [7, 11) is 0. The summed E-state index contributed by atoms with van der Waals surface area (Å²) in [5, 5.41) is 12.1. The second kappa shape index (κ2) is 9.55. The molecule has 10 heteroatoms. The molecule has 31 heavy (non-hydrogen) atoms. The molecule has 0 aliphatic heterocycles. The molecule has 0 unspecified atom stereocenters. The summed E-state index contributed by atoms with van der Waals surface area (Å²) in [6, 6.07) is 15.1. The van der Waals surface area contributed by atoms with Crippen LogP contribution in [-0.4, -0.2) is 30.9 Å². The Bertz CT molecular complexity index is 1180. The molecule has 0 saturated carbocycles. The summed E-state index contributed by atoms with van der Waals surface area (Å²) < 4.78 is 7.45. The lowest BCUT2D eigenvalue weighted by atomic mass is 10.2. The second-order valence-corrected chi connectivity index (χ2v) is 8.74. The molecule has 0 fully saturated rings. The summed E-state index contributed by atoms with van der Waals surface area (Å²) in [5.74, 6) is 1.18. The van der Waals surface area contributed by atoms with Crippen molar-refractivity contribution in [2.24, 2.45) is 0 Å². The molecule has 3 aromatic heterocycles. The molecule has 0 spiro atoms. The van der Waals surface area contributed by atoms with E-state index >= 15 is 0 Å². The number of amides is 1. The summed E-state index contributed by atoms with van der Waals surface area (Å²) in [6.45, 7) is 2.31. The average Bonchev–Trinajstić information content (AvgIpc) is 3.41. The minimum atomic E-state index is -0.489. The van der Waals surface area contributed by atoms with Crippen molar-refractivity contribution in [1.82, 2.24) is 19.7 Å². The number of furan rings is 1. The van der Waals surface area contributed by atoms with Gasteiger partial charge in [-0.3, -0.25) is 9.36 Å². The topological polar surface area (TPSA) is 85.8 Å². The predicted octanol–water partition coefficient (Wildman–Crippen LogP) is 5.41. The maximum atomic E-state index is 12.7. The number of hydrogen-bond acceptors (Lipinski definition) is 6. The number of carbonyl (C=O) groups excluding carboxylic acids is 1. The van der Waals surface area contributed by atoms with Gasteiger partial charge in [-0.05, 0) is 30.7 Å². The molecule has 4 aromatic rings. The van der Waals surface area contributed by atoms with Crippen LogP contribution in [-0.2, 0) is 11.3 Å². The first-order valence-electron chi connectivity index (χ1n) is 9.31. The van der Waals surface area contributed by atoms with E-state index in [4.69, 9.17) is 27.6 Å². The monoisotopic (exact) mass is 473 g/mol. The van der Waals surface area contributed by atoms with Crippen LogP contribution in [0.5, 0.6) is 0 Å². The van der Waals surface area contributed by atoms with Crippen molar-refractivity contribution in [3.63, 3.8) is 0 Å². The quantitative estimate of drug-likeness (QED) is 0.361. The van der Waals surface area contributed by atoms with E-state index in [2.05, 4.69) is 20.5 Å². The molecule has 0 bridgehead atoms. The molecule has 0 saturated heterocycles. The van der Waals surface area contributed by atoms with Crippen LogP contribution in [0.3, 0.4) is 0 Å². The van der Waals surface area contributed by atoms with Crippen molar-refractivity contribution < 1.29 is 9.21 Å². The fourth-order valence-electron chi connectivity index (χ4n) is 2.81. The lowest BCUT2D eigenvalue weighted by Crippen LogP contribution is -2.23. The van der Waals surface area contributed by atoms with E-state index in [9.17, 15) is 4.79 Å². The van der Waals surface area contributed by atoms with Crippen LogP contribution in [0.2, 0.25) is 10.0 Å². The van der Waals surface area contributed by atoms with E-state index in [1.54, 1.807) is 19.3 Å². The highest BCUT2D eigenvalue weighted by molar-refractivity contribution is 8.00. The Morgan fingerprint density at radius 2 is 2.00 bits per heavy atom. The van der Waals surface area contributed by atoms with Gasteiger partial charge in [-0.25, -0.2) is 4.98 Å². The standard InChI is InChI=1S/C21H17Cl2N5O2S/c1-13(20(29)25-18-16(23)10-15(22)11-24-18)31-21-27-26-19(17-8-5-9-30-17)28(21)12-14-6-3-2-4-7-14/h2-11,13H,12H2,1H3,(H,24,25,29)/t13-/m1/s1. The Kier molecular flexibility index (Phi) is 6.60. The predicted molar refractivity (Wildman–Crippen MR) is 121 cm³/mol. The maximum Gasteiger partial charge on any atom is 0.238 e. The fraction of sp³-hybridized carbons (Fsp3) is 0.143. The van der Waals surface area contributed by atoms with Crippen LogP contribution < -0.4 is 5.32 Å². The van der Waals surface area contributed by atoms with Gasteiger partial charge in [0.1, 0.15) is 0 Å². The van der Waals surface area contributed by atoms with Gasteiger partial charge in [-0.1, -0.05) is 65.3 Å². The zero-order valence-corrected chi connectivity index (χ0v) is 18.7. The highest BCUT2D eigenvalue weighted by Crippen LogP contribution is 2.29. The van der Waals surface area contributed by atoms with E-state index in [0.29, 0.717) is 28.3 Å². The number of thioether (sulfide) groups is 1. The zero-order valence-electron chi connectivity index (χ0n) is 16.3. The van der Waals surface area contributed by atoms with Crippen LogP contribution in [0.4, 0.5) is 5.82 Å². The first kappa shape index (κ1) is 21.4. The Hall–Kier alpha value is -2.81. The van der Waals surface area contributed by atoms with Gasteiger partial charge >= 0.3 is 0 Å². The normalized spacial score (nSPS) is 12.0. The largest absolute Gasteiger partial charge is 0.461 e. The van der Waals surface area contributed by atoms with Crippen molar-refractivity contribution in [3.05, 3.63) is 76.6 Å². The third-order valence-corrected chi connectivity index (χ3v) is 5.92. The first-order chi connectivity index (χ1) is 15.0. The Morgan fingerprint density at radius 1 is 1.19 bits per heavy atom. The first-order valence-corrected chi connectivity index (χ1v) is 10.9. The highest BCUT2D eigenvalue weighted by Gasteiger charge is 2.23. The molecule has 4 rings (SSSR count). The van der Waals surface area contributed by atoms with Gasteiger partial charge in [-0.15, -0.1) is 10.2 Å². The number of nitrogens with zero attached hydrogens (tertiary/aromatic N) is 4. The van der Waals surface area contributed by atoms with E-state index in [1.807, 2.05) is 41.0 Å². The maximum absolute atomic E-state index is 12.7. The molecular formula is C21H17Cl2N5O2S. The summed E-state index contributed by atoms with van der Waals surface area (Å²) in [6.07, 6.45) is 3.01. The third-order valence-electron chi connectivity index (χ3n) is 4.34. The van der Waals surface area contributed by atoms with Crippen LogP contribution in [0.25, 0.3) is 11.6 Å². The number of halogens is 2. The van der Waals surface area contributed by atoms with E-state index in [0.717, 1.165) is 5.56 Å². The number of pyridine rings is 1. The third kappa shape index (κ3) is 5.10. The van der Waals surface area contributed by atoms with Gasteiger partial charge in [0.2, 0.25) is 11.7 Å². The van der Waals surface area contributed by atoms with E-state index < -0.39 is 5.25 Å². The van der Waals surface area contributed by atoms with Crippen LogP contribution >= 0.6 is 35.0 Å².